The van der Waals surface area contributed by atoms with Gasteiger partial charge in [0.1, 0.15) is 5.69 Å². The van der Waals surface area contributed by atoms with E-state index in [9.17, 15) is 4.79 Å². The SMILES string of the molecule is COC(=O)c1nnn(C)c1-c1c(C)nn(C)c1C. The first-order valence-electron chi connectivity index (χ1n) is 5.46. The fourth-order valence-corrected chi connectivity index (χ4v) is 1.99. The van der Waals surface area contributed by atoms with Crippen LogP contribution >= 0.6 is 0 Å². The van der Waals surface area contributed by atoms with Crippen LogP contribution in [0.1, 0.15) is 21.9 Å². The van der Waals surface area contributed by atoms with Gasteiger partial charge in [0, 0.05) is 25.4 Å². The maximum absolute atomic E-state index is 11.7. The second kappa shape index (κ2) is 4.25. The number of carbonyl (C=O) groups is 1. The molecule has 96 valence electrons. The maximum atomic E-state index is 11.7. The second-order valence-electron chi connectivity index (χ2n) is 4.07. The minimum Gasteiger partial charge on any atom is -0.464 e. The van der Waals surface area contributed by atoms with Crippen molar-refractivity contribution in [2.24, 2.45) is 14.1 Å². The van der Waals surface area contributed by atoms with Gasteiger partial charge in [0.05, 0.1) is 12.8 Å². The Hall–Kier alpha value is -2.18. The van der Waals surface area contributed by atoms with E-state index in [1.54, 1.807) is 16.4 Å². The lowest BCUT2D eigenvalue weighted by molar-refractivity contribution is 0.0595. The van der Waals surface area contributed by atoms with Gasteiger partial charge < -0.3 is 4.74 Å². The smallest absolute Gasteiger partial charge is 0.360 e. The molecule has 0 aliphatic carbocycles. The van der Waals surface area contributed by atoms with E-state index in [0.29, 0.717) is 5.69 Å². The van der Waals surface area contributed by atoms with Crippen molar-refractivity contribution in [3.05, 3.63) is 17.1 Å². The molecule has 0 bridgehead atoms. The fraction of sp³-hybridized carbons (Fsp3) is 0.455. The molecule has 0 amide bonds. The molecule has 7 nitrogen and oxygen atoms in total. The Morgan fingerprint density at radius 3 is 2.39 bits per heavy atom. The lowest BCUT2D eigenvalue weighted by Crippen LogP contribution is -2.05. The van der Waals surface area contributed by atoms with Crippen LogP contribution in [0.3, 0.4) is 0 Å². The predicted molar refractivity (Wildman–Crippen MR) is 64.0 cm³/mol. The molecular weight excluding hydrogens is 234 g/mol. The van der Waals surface area contributed by atoms with Crippen molar-refractivity contribution >= 4 is 5.97 Å². The molecule has 0 radical (unpaired) electrons. The zero-order valence-electron chi connectivity index (χ0n) is 11.1. The number of carbonyl (C=O) groups excluding carboxylic acids is 1. The highest BCUT2D eigenvalue weighted by Gasteiger charge is 2.25. The summed E-state index contributed by atoms with van der Waals surface area (Å²) in [5.41, 5.74) is 3.48. The number of rotatable bonds is 2. The topological polar surface area (TPSA) is 74.8 Å². The van der Waals surface area contributed by atoms with Gasteiger partial charge in [-0.15, -0.1) is 5.10 Å². The predicted octanol–water partition coefficient (Wildman–Crippen LogP) is 0.619. The van der Waals surface area contributed by atoms with Crippen LogP contribution in [0.15, 0.2) is 0 Å². The summed E-state index contributed by atoms with van der Waals surface area (Å²) in [7, 11) is 4.91. The molecule has 0 saturated heterocycles. The van der Waals surface area contributed by atoms with Gasteiger partial charge in [-0.3, -0.25) is 4.68 Å². The van der Waals surface area contributed by atoms with Crippen LogP contribution in [0, 0.1) is 13.8 Å². The number of hydrogen-bond acceptors (Lipinski definition) is 5. The normalized spacial score (nSPS) is 10.7. The van der Waals surface area contributed by atoms with Crippen LogP contribution in [-0.2, 0) is 18.8 Å². The third-order valence-corrected chi connectivity index (χ3v) is 2.95. The molecule has 0 saturated carbocycles. The van der Waals surface area contributed by atoms with Gasteiger partial charge in [-0.2, -0.15) is 5.10 Å². The standard InChI is InChI=1S/C11H15N5O2/c1-6-8(7(2)15(3)13-6)10-9(11(17)18-5)12-14-16(10)4/h1-5H3. The van der Waals surface area contributed by atoms with Crippen molar-refractivity contribution < 1.29 is 9.53 Å². The van der Waals surface area contributed by atoms with Crippen LogP contribution in [-0.4, -0.2) is 37.9 Å². The molecular formula is C11H15N5O2. The van der Waals surface area contributed by atoms with E-state index in [-0.39, 0.29) is 5.69 Å². The van der Waals surface area contributed by atoms with Crippen molar-refractivity contribution in [1.82, 2.24) is 24.8 Å². The number of aromatic nitrogens is 5. The highest BCUT2D eigenvalue weighted by Crippen LogP contribution is 2.28. The highest BCUT2D eigenvalue weighted by atomic mass is 16.5. The van der Waals surface area contributed by atoms with Crippen molar-refractivity contribution in [2.75, 3.05) is 7.11 Å². The van der Waals surface area contributed by atoms with E-state index in [1.165, 1.54) is 7.11 Å². The van der Waals surface area contributed by atoms with Crippen LogP contribution in [0.2, 0.25) is 0 Å². The Morgan fingerprint density at radius 2 is 1.89 bits per heavy atom. The largest absolute Gasteiger partial charge is 0.464 e. The number of esters is 1. The molecule has 0 aliphatic rings. The minimum atomic E-state index is -0.499. The van der Waals surface area contributed by atoms with Crippen LogP contribution in [0.25, 0.3) is 11.3 Å². The molecule has 0 spiro atoms. The Kier molecular flexibility index (Phi) is 2.90. The third kappa shape index (κ3) is 1.68. The Labute approximate surface area is 104 Å². The summed E-state index contributed by atoms with van der Waals surface area (Å²) in [5.74, 6) is -0.499. The van der Waals surface area contributed by atoms with Gasteiger partial charge >= 0.3 is 5.97 Å². The maximum Gasteiger partial charge on any atom is 0.360 e. The first-order chi connectivity index (χ1) is 8.47. The first-order valence-corrected chi connectivity index (χ1v) is 5.46. The average molecular weight is 249 g/mol. The van der Waals surface area contributed by atoms with E-state index in [2.05, 4.69) is 15.4 Å². The summed E-state index contributed by atoms with van der Waals surface area (Å²) >= 11 is 0. The molecule has 0 N–H and O–H groups in total. The number of ether oxygens (including phenoxy) is 1. The highest BCUT2D eigenvalue weighted by molar-refractivity contribution is 5.94. The van der Waals surface area contributed by atoms with Crippen LogP contribution < -0.4 is 0 Å². The molecule has 18 heavy (non-hydrogen) atoms. The average Bonchev–Trinajstić information content (AvgIpc) is 2.81. The second-order valence-corrected chi connectivity index (χ2v) is 4.07. The van der Waals surface area contributed by atoms with Gasteiger partial charge in [0.15, 0.2) is 5.69 Å². The molecule has 0 aromatic carbocycles. The van der Waals surface area contributed by atoms with E-state index in [0.717, 1.165) is 17.0 Å². The summed E-state index contributed by atoms with van der Waals surface area (Å²) in [6.07, 6.45) is 0. The van der Waals surface area contributed by atoms with Crippen LogP contribution in [0.4, 0.5) is 0 Å². The van der Waals surface area contributed by atoms with Crippen molar-refractivity contribution in [2.45, 2.75) is 13.8 Å². The molecule has 0 atom stereocenters. The molecule has 2 aromatic heterocycles. The van der Waals surface area contributed by atoms with E-state index in [1.807, 2.05) is 20.9 Å². The monoisotopic (exact) mass is 249 g/mol. The summed E-state index contributed by atoms with van der Waals surface area (Å²) in [6, 6.07) is 0. The lowest BCUT2D eigenvalue weighted by atomic mass is 10.1. The van der Waals surface area contributed by atoms with Gasteiger partial charge in [-0.1, -0.05) is 5.21 Å². The molecule has 2 heterocycles. The zero-order chi connectivity index (χ0) is 13.4. The van der Waals surface area contributed by atoms with E-state index in [4.69, 9.17) is 4.74 Å². The van der Waals surface area contributed by atoms with E-state index < -0.39 is 5.97 Å². The van der Waals surface area contributed by atoms with Gasteiger partial charge in [0.2, 0.25) is 0 Å². The van der Waals surface area contributed by atoms with Crippen LogP contribution in [0.5, 0.6) is 0 Å². The molecule has 2 rings (SSSR count). The number of aryl methyl sites for hydroxylation is 3. The molecule has 0 fully saturated rings. The summed E-state index contributed by atoms with van der Waals surface area (Å²) in [6.45, 7) is 3.82. The van der Waals surface area contributed by atoms with E-state index >= 15 is 0 Å². The molecule has 2 aromatic rings. The minimum absolute atomic E-state index is 0.208. The Balaban J connectivity index is 2.71. The van der Waals surface area contributed by atoms with Gasteiger partial charge in [-0.25, -0.2) is 9.48 Å². The quantitative estimate of drug-likeness (QED) is 0.729. The lowest BCUT2D eigenvalue weighted by Gasteiger charge is -2.04. The summed E-state index contributed by atoms with van der Waals surface area (Å²) in [5, 5.41) is 12.1. The van der Waals surface area contributed by atoms with Gasteiger partial charge in [-0.05, 0) is 13.8 Å². The van der Waals surface area contributed by atoms with Crippen molar-refractivity contribution in [3.63, 3.8) is 0 Å². The Morgan fingerprint density at radius 1 is 1.22 bits per heavy atom. The molecule has 0 aliphatic heterocycles. The van der Waals surface area contributed by atoms with Crippen molar-refractivity contribution in [1.29, 1.82) is 0 Å². The Bertz CT molecular complexity index is 611. The summed E-state index contributed by atoms with van der Waals surface area (Å²) in [4.78, 5) is 11.7. The molecule has 7 heteroatoms. The third-order valence-electron chi connectivity index (χ3n) is 2.95. The number of hydrogen-bond donors (Lipinski definition) is 0. The van der Waals surface area contributed by atoms with Gasteiger partial charge in [0.25, 0.3) is 0 Å². The number of methoxy groups -OCH3 is 1. The fourth-order valence-electron chi connectivity index (χ4n) is 1.99. The summed E-state index contributed by atoms with van der Waals surface area (Å²) < 4.78 is 8.04. The van der Waals surface area contributed by atoms with Crippen molar-refractivity contribution in [3.8, 4) is 11.3 Å². The molecule has 0 unspecified atom stereocenters. The zero-order valence-corrected chi connectivity index (χ0v) is 11.1. The number of nitrogens with zero attached hydrogens (tertiary/aromatic N) is 5. The first kappa shape index (κ1) is 12.3.